The third-order valence-corrected chi connectivity index (χ3v) is 5.09. The van der Waals surface area contributed by atoms with Gasteiger partial charge in [-0.2, -0.15) is 0 Å². The van der Waals surface area contributed by atoms with Crippen LogP contribution in [0.15, 0.2) is 42.5 Å². The Hall–Kier alpha value is -1.51. The summed E-state index contributed by atoms with van der Waals surface area (Å²) in [5.74, 6) is 0.0833. The van der Waals surface area contributed by atoms with Gasteiger partial charge in [0, 0.05) is 22.2 Å². The normalized spacial score (nSPS) is 23.3. The second-order valence-electron chi connectivity index (χ2n) is 5.62. The topological polar surface area (TPSA) is 20.3 Å². The van der Waals surface area contributed by atoms with Crippen molar-refractivity contribution in [3.05, 3.63) is 69.2 Å². The molecule has 1 amide bonds. The van der Waals surface area contributed by atoms with Gasteiger partial charge in [-0.1, -0.05) is 41.4 Å². The highest BCUT2D eigenvalue weighted by Crippen LogP contribution is 2.51. The monoisotopic (exact) mass is 317 g/mol. The molecule has 0 radical (unpaired) electrons. The molecule has 0 N–H and O–H groups in total. The molecule has 2 aromatic carbocycles. The number of hydrogen-bond acceptors (Lipinski definition) is 1. The van der Waals surface area contributed by atoms with E-state index in [-0.39, 0.29) is 11.4 Å². The molecule has 2 aromatic rings. The third-order valence-electron chi connectivity index (χ3n) is 4.61. The molecule has 2 nitrogen and oxygen atoms in total. The molecular formula is C17H13Cl2NO. The van der Waals surface area contributed by atoms with Gasteiger partial charge >= 0.3 is 0 Å². The summed E-state index contributed by atoms with van der Waals surface area (Å²) in [6.45, 7) is 0.785. The maximum absolute atomic E-state index is 12.7. The van der Waals surface area contributed by atoms with Crippen molar-refractivity contribution in [1.29, 1.82) is 0 Å². The molecule has 2 heterocycles. The Bertz CT molecular complexity index is 741. The molecular weight excluding hydrogens is 305 g/mol. The van der Waals surface area contributed by atoms with Crippen LogP contribution >= 0.6 is 23.2 Å². The lowest BCUT2D eigenvalue weighted by Crippen LogP contribution is -2.39. The molecule has 21 heavy (non-hydrogen) atoms. The van der Waals surface area contributed by atoms with E-state index in [0.29, 0.717) is 10.0 Å². The second kappa shape index (κ2) is 4.49. The van der Waals surface area contributed by atoms with Gasteiger partial charge in [0.15, 0.2) is 0 Å². The van der Waals surface area contributed by atoms with Crippen LogP contribution in [0.25, 0.3) is 0 Å². The average Bonchev–Trinajstić information content (AvgIpc) is 3.00. The molecule has 2 aliphatic rings. The molecule has 4 heteroatoms. The highest BCUT2D eigenvalue weighted by molar-refractivity contribution is 6.31. The maximum Gasteiger partial charge on any atom is 0.255 e. The molecule has 0 aromatic heterocycles. The van der Waals surface area contributed by atoms with Crippen LogP contribution < -0.4 is 0 Å². The first-order chi connectivity index (χ1) is 10.1. The lowest BCUT2D eigenvalue weighted by molar-refractivity contribution is 0.0711. The number of hydrogen-bond donors (Lipinski definition) is 0. The van der Waals surface area contributed by atoms with Crippen molar-refractivity contribution in [1.82, 2.24) is 4.90 Å². The molecule has 0 aliphatic carbocycles. The van der Waals surface area contributed by atoms with Crippen LogP contribution in [0.1, 0.15) is 34.3 Å². The van der Waals surface area contributed by atoms with E-state index in [9.17, 15) is 4.79 Å². The molecule has 0 bridgehead atoms. The number of carbonyl (C=O) groups excluding carboxylic acids is 1. The van der Waals surface area contributed by atoms with E-state index in [2.05, 4.69) is 0 Å². The molecule has 1 saturated heterocycles. The minimum Gasteiger partial charge on any atom is -0.325 e. The number of amides is 1. The van der Waals surface area contributed by atoms with Crippen molar-refractivity contribution in [3.63, 3.8) is 0 Å². The molecule has 2 aliphatic heterocycles. The van der Waals surface area contributed by atoms with Crippen LogP contribution in [-0.4, -0.2) is 17.4 Å². The Labute approximate surface area is 133 Å². The zero-order chi connectivity index (χ0) is 14.6. The molecule has 1 atom stereocenters. The Kier molecular flexibility index (Phi) is 2.82. The second-order valence-corrected chi connectivity index (χ2v) is 6.49. The van der Waals surface area contributed by atoms with Crippen molar-refractivity contribution in [2.24, 2.45) is 0 Å². The first kappa shape index (κ1) is 13.2. The van der Waals surface area contributed by atoms with E-state index in [1.54, 1.807) is 6.07 Å². The minimum absolute atomic E-state index is 0.0833. The van der Waals surface area contributed by atoms with Gasteiger partial charge in [0.05, 0.1) is 5.54 Å². The third kappa shape index (κ3) is 1.69. The number of halogens is 2. The van der Waals surface area contributed by atoms with Gasteiger partial charge < -0.3 is 4.90 Å². The van der Waals surface area contributed by atoms with E-state index < -0.39 is 0 Å². The predicted molar refractivity (Wildman–Crippen MR) is 84.0 cm³/mol. The zero-order valence-corrected chi connectivity index (χ0v) is 12.8. The summed E-state index contributed by atoms with van der Waals surface area (Å²) >= 11 is 12.1. The van der Waals surface area contributed by atoms with Gasteiger partial charge in [-0.25, -0.2) is 0 Å². The molecule has 106 valence electrons. The van der Waals surface area contributed by atoms with E-state index in [1.807, 2.05) is 41.3 Å². The summed E-state index contributed by atoms with van der Waals surface area (Å²) in [4.78, 5) is 14.7. The fourth-order valence-corrected chi connectivity index (χ4v) is 4.05. The van der Waals surface area contributed by atoms with Gasteiger partial charge in [-0.05, 0) is 48.2 Å². The Morgan fingerprint density at radius 2 is 1.71 bits per heavy atom. The summed E-state index contributed by atoms with van der Waals surface area (Å²) in [5, 5.41) is 1.31. The largest absolute Gasteiger partial charge is 0.325 e. The van der Waals surface area contributed by atoms with Gasteiger partial charge in [0.2, 0.25) is 0 Å². The van der Waals surface area contributed by atoms with Crippen LogP contribution in [0.5, 0.6) is 0 Å². The van der Waals surface area contributed by atoms with E-state index in [0.717, 1.165) is 36.1 Å². The standard InChI is InChI=1S/C17H13Cl2NO/c18-12-4-2-11(3-5-12)17-8-1-9-20(17)16(21)14-10-13(19)6-7-15(14)17/h2-7,10H,1,8-9H2. The number of fused-ring (bicyclic) bond motifs is 3. The highest BCUT2D eigenvalue weighted by Gasteiger charge is 2.53. The molecule has 0 saturated carbocycles. The Morgan fingerprint density at radius 3 is 2.48 bits per heavy atom. The number of rotatable bonds is 1. The van der Waals surface area contributed by atoms with Crippen LogP contribution in [0.2, 0.25) is 10.0 Å². The molecule has 4 rings (SSSR count). The SMILES string of the molecule is O=C1c2cc(Cl)ccc2C2(c3ccc(Cl)cc3)CCCN12. The van der Waals surface area contributed by atoms with Crippen molar-refractivity contribution in [2.45, 2.75) is 18.4 Å². The van der Waals surface area contributed by atoms with Crippen LogP contribution in [0, 0.1) is 0 Å². The van der Waals surface area contributed by atoms with Gasteiger partial charge in [0.1, 0.15) is 0 Å². The lowest BCUT2D eigenvalue weighted by Gasteiger charge is -2.33. The average molecular weight is 318 g/mol. The smallest absolute Gasteiger partial charge is 0.255 e. The van der Waals surface area contributed by atoms with Crippen molar-refractivity contribution in [2.75, 3.05) is 6.54 Å². The van der Waals surface area contributed by atoms with Crippen LogP contribution in [0.4, 0.5) is 0 Å². The summed E-state index contributed by atoms with van der Waals surface area (Å²) in [6.07, 6.45) is 1.95. The van der Waals surface area contributed by atoms with Gasteiger partial charge in [-0.3, -0.25) is 4.79 Å². The molecule has 1 unspecified atom stereocenters. The van der Waals surface area contributed by atoms with Crippen molar-refractivity contribution in [3.8, 4) is 0 Å². The minimum atomic E-state index is -0.346. The Balaban J connectivity index is 1.98. The Morgan fingerprint density at radius 1 is 1.00 bits per heavy atom. The molecule has 0 spiro atoms. The van der Waals surface area contributed by atoms with E-state index in [4.69, 9.17) is 23.2 Å². The lowest BCUT2D eigenvalue weighted by atomic mass is 9.81. The fraction of sp³-hybridized carbons (Fsp3) is 0.235. The highest BCUT2D eigenvalue weighted by atomic mass is 35.5. The number of benzene rings is 2. The summed E-state index contributed by atoms with van der Waals surface area (Å²) in [5.41, 5.74) is 2.58. The summed E-state index contributed by atoms with van der Waals surface area (Å²) in [7, 11) is 0. The van der Waals surface area contributed by atoms with E-state index in [1.165, 1.54) is 0 Å². The van der Waals surface area contributed by atoms with Crippen LogP contribution in [0.3, 0.4) is 0 Å². The fourth-order valence-electron chi connectivity index (χ4n) is 3.75. The van der Waals surface area contributed by atoms with Gasteiger partial charge in [0.25, 0.3) is 5.91 Å². The van der Waals surface area contributed by atoms with Crippen LogP contribution in [-0.2, 0) is 5.54 Å². The first-order valence-electron chi connectivity index (χ1n) is 7.01. The first-order valence-corrected chi connectivity index (χ1v) is 7.76. The summed E-state index contributed by atoms with van der Waals surface area (Å²) < 4.78 is 0. The van der Waals surface area contributed by atoms with Crippen molar-refractivity contribution < 1.29 is 4.79 Å². The number of carbonyl (C=O) groups is 1. The van der Waals surface area contributed by atoms with Gasteiger partial charge in [-0.15, -0.1) is 0 Å². The van der Waals surface area contributed by atoms with Crippen molar-refractivity contribution >= 4 is 29.1 Å². The predicted octanol–water partition coefficient (Wildman–Crippen LogP) is 4.49. The summed E-state index contributed by atoms with van der Waals surface area (Å²) in [6, 6.07) is 13.5. The van der Waals surface area contributed by atoms with E-state index >= 15 is 0 Å². The zero-order valence-electron chi connectivity index (χ0n) is 11.3. The molecule has 1 fully saturated rings. The maximum atomic E-state index is 12.7. The number of nitrogens with zero attached hydrogens (tertiary/aromatic N) is 1. The quantitative estimate of drug-likeness (QED) is 0.759.